The maximum atomic E-state index is 13.1. The number of carbonyl (C=O) groups excluding carboxylic acids is 1. The van der Waals surface area contributed by atoms with Crippen molar-refractivity contribution in [1.82, 2.24) is 0 Å². The highest BCUT2D eigenvalue weighted by molar-refractivity contribution is 5.92. The molecule has 0 aliphatic heterocycles. The molecule has 0 aliphatic carbocycles. The molecular formula is C27H22O3. The first-order valence-electron chi connectivity index (χ1n) is 9.85. The third-order valence-corrected chi connectivity index (χ3v) is 5.22. The molecule has 0 heterocycles. The van der Waals surface area contributed by atoms with Crippen LogP contribution in [0, 0.1) is 0 Å². The van der Waals surface area contributed by atoms with Gasteiger partial charge in [-0.2, -0.15) is 0 Å². The molecule has 30 heavy (non-hydrogen) atoms. The van der Waals surface area contributed by atoms with Crippen molar-refractivity contribution >= 4 is 5.78 Å². The van der Waals surface area contributed by atoms with Gasteiger partial charge in [0.2, 0.25) is 0 Å². The summed E-state index contributed by atoms with van der Waals surface area (Å²) in [5, 5.41) is 21.8. The van der Waals surface area contributed by atoms with Crippen LogP contribution in [-0.2, 0) is 4.79 Å². The van der Waals surface area contributed by atoms with Gasteiger partial charge >= 0.3 is 0 Å². The topological polar surface area (TPSA) is 57.5 Å². The standard InChI is InChI=1S/C27H22O3/c28-25(23-17-9-7-15-21(23)19-11-3-1-4-12-19)27(30)26(29)24-18-10-8-16-22(24)20-13-5-2-6-14-20/h1-18,25-26,28-29H. The van der Waals surface area contributed by atoms with E-state index in [0.29, 0.717) is 11.1 Å². The Bertz CT molecular complexity index is 1050. The molecule has 4 rings (SSSR count). The van der Waals surface area contributed by atoms with Gasteiger partial charge in [-0.1, -0.05) is 109 Å². The smallest absolute Gasteiger partial charge is 0.198 e. The Labute approximate surface area is 175 Å². The summed E-state index contributed by atoms with van der Waals surface area (Å²) in [5.41, 5.74) is 4.29. The number of aliphatic hydroxyl groups excluding tert-OH is 2. The minimum Gasteiger partial charge on any atom is -0.380 e. The number of hydrogen-bond donors (Lipinski definition) is 2. The summed E-state index contributed by atoms with van der Waals surface area (Å²) in [6, 6.07) is 33.6. The molecule has 2 atom stereocenters. The lowest BCUT2D eigenvalue weighted by molar-refractivity contribution is -0.136. The largest absolute Gasteiger partial charge is 0.380 e. The predicted octanol–water partition coefficient (Wildman–Crippen LogP) is 5.36. The van der Waals surface area contributed by atoms with Crippen LogP contribution < -0.4 is 0 Å². The monoisotopic (exact) mass is 394 g/mol. The minimum atomic E-state index is -1.44. The van der Waals surface area contributed by atoms with Crippen LogP contribution in [-0.4, -0.2) is 16.0 Å². The summed E-state index contributed by atoms with van der Waals surface area (Å²) in [6.07, 6.45) is -2.89. The molecule has 0 radical (unpaired) electrons. The van der Waals surface area contributed by atoms with Gasteiger partial charge in [-0.3, -0.25) is 4.79 Å². The van der Waals surface area contributed by atoms with E-state index in [0.717, 1.165) is 22.3 Å². The summed E-state index contributed by atoms with van der Waals surface area (Å²) >= 11 is 0. The van der Waals surface area contributed by atoms with Crippen molar-refractivity contribution in [2.45, 2.75) is 12.2 Å². The van der Waals surface area contributed by atoms with E-state index in [2.05, 4.69) is 0 Å². The number of rotatable bonds is 6. The first-order chi connectivity index (χ1) is 14.7. The van der Waals surface area contributed by atoms with Crippen LogP contribution in [0.2, 0.25) is 0 Å². The molecule has 0 aromatic heterocycles. The predicted molar refractivity (Wildman–Crippen MR) is 119 cm³/mol. The van der Waals surface area contributed by atoms with E-state index >= 15 is 0 Å². The molecular weight excluding hydrogens is 372 g/mol. The Morgan fingerprint density at radius 2 is 0.833 bits per heavy atom. The Hall–Kier alpha value is -3.53. The van der Waals surface area contributed by atoms with Crippen molar-refractivity contribution in [2.75, 3.05) is 0 Å². The van der Waals surface area contributed by atoms with Crippen molar-refractivity contribution in [3.8, 4) is 22.3 Å². The second-order valence-corrected chi connectivity index (χ2v) is 7.11. The lowest BCUT2D eigenvalue weighted by Gasteiger charge is -2.20. The number of carbonyl (C=O) groups is 1. The second kappa shape index (κ2) is 8.87. The second-order valence-electron chi connectivity index (χ2n) is 7.11. The van der Waals surface area contributed by atoms with Crippen molar-refractivity contribution in [2.24, 2.45) is 0 Å². The molecule has 0 fully saturated rings. The third kappa shape index (κ3) is 3.94. The fraction of sp³-hybridized carbons (Fsp3) is 0.0741. The van der Waals surface area contributed by atoms with Crippen LogP contribution in [0.25, 0.3) is 22.3 Å². The maximum absolute atomic E-state index is 13.1. The van der Waals surface area contributed by atoms with Crippen LogP contribution in [0.4, 0.5) is 0 Å². The van der Waals surface area contributed by atoms with Crippen molar-refractivity contribution in [3.63, 3.8) is 0 Å². The Balaban J connectivity index is 1.69. The van der Waals surface area contributed by atoms with Gasteiger partial charge in [0.05, 0.1) is 0 Å². The molecule has 4 aromatic rings. The number of Topliss-reactive ketones (excluding diaryl/α,β-unsaturated/α-hetero) is 1. The molecule has 2 unspecified atom stereocenters. The highest BCUT2D eigenvalue weighted by Gasteiger charge is 2.29. The number of benzene rings is 4. The van der Waals surface area contributed by atoms with Gasteiger partial charge in [0.1, 0.15) is 12.2 Å². The quantitative estimate of drug-likeness (QED) is 0.463. The van der Waals surface area contributed by atoms with Gasteiger partial charge in [0.25, 0.3) is 0 Å². The first kappa shape index (κ1) is 19.8. The summed E-state index contributed by atoms with van der Waals surface area (Å²) in [4.78, 5) is 13.1. The average molecular weight is 394 g/mol. The fourth-order valence-electron chi connectivity index (χ4n) is 3.69. The summed E-state index contributed by atoms with van der Waals surface area (Å²) in [7, 11) is 0. The molecule has 3 nitrogen and oxygen atoms in total. The van der Waals surface area contributed by atoms with Crippen LogP contribution >= 0.6 is 0 Å². The maximum Gasteiger partial charge on any atom is 0.198 e. The zero-order chi connectivity index (χ0) is 20.9. The normalized spacial score (nSPS) is 12.9. The van der Waals surface area contributed by atoms with E-state index in [1.807, 2.05) is 84.9 Å². The molecule has 0 aliphatic rings. The minimum absolute atomic E-state index is 0.477. The fourth-order valence-corrected chi connectivity index (χ4v) is 3.69. The van der Waals surface area contributed by atoms with Crippen LogP contribution in [0.1, 0.15) is 23.3 Å². The molecule has 0 saturated carbocycles. The highest BCUT2D eigenvalue weighted by Crippen LogP contribution is 2.34. The van der Waals surface area contributed by atoms with Crippen LogP contribution in [0.5, 0.6) is 0 Å². The van der Waals surface area contributed by atoms with E-state index in [1.165, 1.54) is 0 Å². The van der Waals surface area contributed by atoms with Gasteiger partial charge in [-0.05, 0) is 33.4 Å². The molecule has 0 spiro atoms. The van der Waals surface area contributed by atoms with Gasteiger partial charge in [0.15, 0.2) is 5.78 Å². The van der Waals surface area contributed by atoms with Gasteiger partial charge < -0.3 is 10.2 Å². The van der Waals surface area contributed by atoms with E-state index in [-0.39, 0.29) is 0 Å². The highest BCUT2D eigenvalue weighted by atomic mass is 16.3. The Kier molecular flexibility index (Phi) is 5.84. The number of hydrogen-bond acceptors (Lipinski definition) is 3. The van der Waals surface area contributed by atoms with Crippen molar-refractivity contribution in [3.05, 3.63) is 120 Å². The molecule has 0 saturated heterocycles. The number of ketones is 1. The first-order valence-corrected chi connectivity index (χ1v) is 9.85. The number of aliphatic hydroxyl groups is 2. The third-order valence-electron chi connectivity index (χ3n) is 5.22. The lowest BCUT2D eigenvalue weighted by Crippen LogP contribution is -2.21. The van der Waals surface area contributed by atoms with Crippen molar-refractivity contribution in [1.29, 1.82) is 0 Å². The van der Waals surface area contributed by atoms with E-state index in [1.54, 1.807) is 24.3 Å². The molecule has 3 heteroatoms. The van der Waals surface area contributed by atoms with Crippen LogP contribution in [0.3, 0.4) is 0 Å². The summed E-state index contributed by atoms with van der Waals surface area (Å²) in [5.74, 6) is -0.651. The molecule has 148 valence electrons. The SMILES string of the molecule is O=C(C(O)c1ccccc1-c1ccccc1)C(O)c1ccccc1-c1ccccc1. The van der Waals surface area contributed by atoms with Gasteiger partial charge in [-0.25, -0.2) is 0 Å². The van der Waals surface area contributed by atoms with E-state index in [9.17, 15) is 15.0 Å². The van der Waals surface area contributed by atoms with E-state index in [4.69, 9.17) is 0 Å². The summed E-state index contributed by atoms with van der Waals surface area (Å²) in [6.45, 7) is 0. The van der Waals surface area contributed by atoms with Gasteiger partial charge in [0, 0.05) is 0 Å². The molecule has 0 amide bonds. The lowest BCUT2D eigenvalue weighted by atomic mass is 9.89. The molecule has 2 N–H and O–H groups in total. The Morgan fingerprint density at radius 1 is 0.500 bits per heavy atom. The van der Waals surface area contributed by atoms with E-state index < -0.39 is 18.0 Å². The zero-order valence-corrected chi connectivity index (χ0v) is 16.3. The van der Waals surface area contributed by atoms with Crippen LogP contribution in [0.15, 0.2) is 109 Å². The zero-order valence-electron chi connectivity index (χ0n) is 16.3. The molecule has 0 bridgehead atoms. The Morgan fingerprint density at radius 3 is 1.23 bits per heavy atom. The van der Waals surface area contributed by atoms with Gasteiger partial charge in [-0.15, -0.1) is 0 Å². The summed E-state index contributed by atoms with van der Waals surface area (Å²) < 4.78 is 0. The van der Waals surface area contributed by atoms with Crippen molar-refractivity contribution < 1.29 is 15.0 Å². The molecule has 4 aromatic carbocycles. The average Bonchev–Trinajstić information content (AvgIpc) is 2.84.